The highest BCUT2D eigenvalue weighted by Crippen LogP contribution is 2.18. The molecule has 1 unspecified atom stereocenters. The van der Waals surface area contributed by atoms with Gasteiger partial charge in [0.15, 0.2) is 6.61 Å². The van der Waals surface area contributed by atoms with Crippen molar-refractivity contribution in [3.05, 3.63) is 29.3 Å². The van der Waals surface area contributed by atoms with E-state index in [9.17, 15) is 9.59 Å². The van der Waals surface area contributed by atoms with E-state index in [1.807, 2.05) is 0 Å². The molecule has 1 atom stereocenters. The monoisotopic (exact) mass is 310 g/mol. The van der Waals surface area contributed by atoms with E-state index in [4.69, 9.17) is 16.3 Å². The second-order valence-electron chi connectivity index (χ2n) is 5.04. The van der Waals surface area contributed by atoms with E-state index >= 15 is 0 Å². The van der Waals surface area contributed by atoms with Crippen molar-refractivity contribution in [2.24, 2.45) is 5.92 Å². The lowest BCUT2D eigenvalue weighted by Crippen LogP contribution is -2.46. The molecule has 1 aliphatic heterocycles. The second-order valence-corrected chi connectivity index (χ2v) is 5.47. The van der Waals surface area contributed by atoms with Gasteiger partial charge in [0.2, 0.25) is 5.91 Å². The van der Waals surface area contributed by atoms with Crippen LogP contribution in [0.3, 0.4) is 0 Å². The molecule has 1 saturated heterocycles. The third-order valence-electron chi connectivity index (χ3n) is 3.57. The standard InChI is InChI=1S/C15H19ClN2O3/c1-17-15(20)11-3-2-8-18(9-11)14(19)10-21-13-6-4-12(16)5-7-13/h4-7,11H,2-3,8-10H2,1H3,(H,17,20). The molecular weight excluding hydrogens is 292 g/mol. The van der Waals surface area contributed by atoms with Crippen molar-refractivity contribution < 1.29 is 14.3 Å². The van der Waals surface area contributed by atoms with Gasteiger partial charge >= 0.3 is 0 Å². The van der Waals surface area contributed by atoms with Crippen LogP contribution in [-0.4, -0.2) is 43.5 Å². The third-order valence-corrected chi connectivity index (χ3v) is 3.82. The van der Waals surface area contributed by atoms with Gasteiger partial charge in [0, 0.05) is 25.2 Å². The van der Waals surface area contributed by atoms with Gasteiger partial charge < -0.3 is 15.0 Å². The average molecular weight is 311 g/mol. The predicted octanol–water partition coefficient (Wildman–Crippen LogP) is 1.70. The van der Waals surface area contributed by atoms with Crippen LogP contribution in [0.4, 0.5) is 0 Å². The molecule has 6 heteroatoms. The van der Waals surface area contributed by atoms with Crippen molar-refractivity contribution in [3.8, 4) is 5.75 Å². The van der Waals surface area contributed by atoms with Crippen LogP contribution in [0, 0.1) is 5.92 Å². The van der Waals surface area contributed by atoms with E-state index < -0.39 is 0 Å². The SMILES string of the molecule is CNC(=O)C1CCCN(C(=O)COc2ccc(Cl)cc2)C1. The molecule has 1 fully saturated rings. The number of hydrogen-bond donors (Lipinski definition) is 1. The van der Waals surface area contributed by atoms with E-state index in [0.29, 0.717) is 23.9 Å². The van der Waals surface area contributed by atoms with Gasteiger partial charge in [-0.15, -0.1) is 0 Å². The molecule has 0 saturated carbocycles. The van der Waals surface area contributed by atoms with Crippen molar-refractivity contribution in [2.75, 3.05) is 26.7 Å². The van der Waals surface area contributed by atoms with Crippen LogP contribution in [0.5, 0.6) is 5.75 Å². The number of amides is 2. The lowest BCUT2D eigenvalue weighted by molar-refractivity contribution is -0.137. The maximum Gasteiger partial charge on any atom is 0.260 e. The summed E-state index contributed by atoms with van der Waals surface area (Å²) in [6.45, 7) is 1.11. The van der Waals surface area contributed by atoms with E-state index in [1.54, 1.807) is 36.2 Å². The number of piperidine rings is 1. The fraction of sp³-hybridized carbons (Fsp3) is 0.467. The van der Waals surface area contributed by atoms with Gasteiger partial charge in [-0.3, -0.25) is 9.59 Å². The quantitative estimate of drug-likeness (QED) is 0.921. The molecule has 1 aliphatic rings. The van der Waals surface area contributed by atoms with Crippen molar-refractivity contribution in [1.29, 1.82) is 0 Å². The molecule has 0 radical (unpaired) electrons. The van der Waals surface area contributed by atoms with Gasteiger partial charge in [-0.25, -0.2) is 0 Å². The summed E-state index contributed by atoms with van der Waals surface area (Å²) in [6.07, 6.45) is 1.66. The normalized spacial score (nSPS) is 18.2. The number of nitrogens with zero attached hydrogens (tertiary/aromatic N) is 1. The molecule has 1 heterocycles. The zero-order valence-electron chi connectivity index (χ0n) is 12.0. The molecule has 21 heavy (non-hydrogen) atoms. The summed E-state index contributed by atoms with van der Waals surface area (Å²) >= 11 is 5.79. The molecule has 2 amide bonds. The Morgan fingerprint density at radius 2 is 2.10 bits per heavy atom. The van der Waals surface area contributed by atoms with Crippen LogP contribution in [0.2, 0.25) is 5.02 Å². The zero-order valence-corrected chi connectivity index (χ0v) is 12.7. The highest BCUT2D eigenvalue weighted by molar-refractivity contribution is 6.30. The van der Waals surface area contributed by atoms with Gasteiger partial charge in [0.1, 0.15) is 5.75 Å². The molecule has 0 spiro atoms. The fourth-order valence-electron chi connectivity index (χ4n) is 2.39. The lowest BCUT2D eigenvalue weighted by atomic mass is 9.97. The van der Waals surface area contributed by atoms with Gasteiger partial charge in [-0.1, -0.05) is 11.6 Å². The van der Waals surface area contributed by atoms with Gasteiger partial charge in [0.25, 0.3) is 5.91 Å². The summed E-state index contributed by atoms with van der Waals surface area (Å²) in [5.41, 5.74) is 0. The fourth-order valence-corrected chi connectivity index (χ4v) is 2.51. The van der Waals surface area contributed by atoms with E-state index in [2.05, 4.69) is 5.32 Å². The Balaban J connectivity index is 1.85. The Morgan fingerprint density at radius 1 is 1.38 bits per heavy atom. The molecule has 1 aromatic carbocycles. The summed E-state index contributed by atoms with van der Waals surface area (Å²) < 4.78 is 5.45. The zero-order chi connectivity index (χ0) is 15.2. The minimum absolute atomic E-state index is 0.00822. The number of benzene rings is 1. The lowest BCUT2D eigenvalue weighted by Gasteiger charge is -2.31. The Labute approximate surface area is 129 Å². The van der Waals surface area contributed by atoms with Gasteiger partial charge in [-0.2, -0.15) is 0 Å². The number of rotatable bonds is 4. The largest absolute Gasteiger partial charge is 0.484 e. The predicted molar refractivity (Wildman–Crippen MR) is 80.3 cm³/mol. The van der Waals surface area contributed by atoms with Crippen LogP contribution in [0.15, 0.2) is 24.3 Å². The van der Waals surface area contributed by atoms with Gasteiger partial charge in [-0.05, 0) is 37.1 Å². The molecular formula is C15H19ClN2O3. The molecule has 5 nitrogen and oxygen atoms in total. The number of carbonyl (C=O) groups excluding carboxylic acids is 2. The maximum absolute atomic E-state index is 12.1. The van der Waals surface area contributed by atoms with Crippen molar-refractivity contribution >= 4 is 23.4 Å². The van der Waals surface area contributed by atoms with E-state index in [1.165, 1.54) is 0 Å². The molecule has 1 aromatic rings. The first kappa shape index (κ1) is 15.6. The van der Waals surface area contributed by atoms with Crippen molar-refractivity contribution in [1.82, 2.24) is 10.2 Å². The van der Waals surface area contributed by atoms with E-state index in [0.717, 1.165) is 12.8 Å². The number of hydrogen-bond acceptors (Lipinski definition) is 3. The number of nitrogens with one attached hydrogen (secondary N) is 1. The Morgan fingerprint density at radius 3 is 2.76 bits per heavy atom. The summed E-state index contributed by atoms with van der Waals surface area (Å²) in [7, 11) is 1.62. The van der Waals surface area contributed by atoms with Crippen LogP contribution in [-0.2, 0) is 9.59 Å². The minimum atomic E-state index is -0.122. The summed E-state index contributed by atoms with van der Waals surface area (Å²) in [6, 6.07) is 6.87. The molecule has 114 valence electrons. The molecule has 1 N–H and O–H groups in total. The minimum Gasteiger partial charge on any atom is -0.484 e. The first-order chi connectivity index (χ1) is 10.1. The number of ether oxygens (including phenoxy) is 1. The highest BCUT2D eigenvalue weighted by Gasteiger charge is 2.27. The Kier molecular flexibility index (Phi) is 5.44. The van der Waals surface area contributed by atoms with Crippen LogP contribution < -0.4 is 10.1 Å². The second kappa shape index (κ2) is 7.31. The highest BCUT2D eigenvalue weighted by atomic mass is 35.5. The maximum atomic E-state index is 12.1. The molecule has 2 rings (SSSR count). The topological polar surface area (TPSA) is 58.6 Å². The Bertz CT molecular complexity index is 504. The summed E-state index contributed by atoms with van der Waals surface area (Å²) in [4.78, 5) is 25.5. The van der Waals surface area contributed by atoms with Crippen LogP contribution in [0.1, 0.15) is 12.8 Å². The van der Waals surface area contributed by atoms with Crippen molar-refractivity contribution in [2.45, 2.75) is 12.8 Å². The first-order valence-electron chi connectivity index (χ1n) is 6.98. The third kappa shape index (κ3) is 4.36. The molecule has 0 aliphatic carbocycles. The number of carbonyl (C=O) groups is 2. The molecule has 0 bridgehead atoms. The Hall–Kier alpha value is -1.75. The average Bonchev–Trinajstić information content (AvgIpc) is 2.53. The first-order valence-corrected chi connectivity index (χ1v) is 7.35. The number of likely N-dealkylation sites (tertiary alicyclic amines) is 1. The van der Waals surface area contributed by atoms with E-state index in [-0.39, 0.29) is 24.3 Å². The van der Waals surface area contributed by atoms with Crippen LogP contribution >= 0.6 is 11.6 Å². The smallest absolute Gasteiger partial charge is 0.260 e. The van der Waals surface area contributed by atoms with Gasteiger partial charge in [0.05, 0.1) is 5.92 Å². The number of halogens is 1. The summed E-state index contributed by atoms with van der Waals surface area (Å²) in [5, 5.41) is 3.26. The van der Waals surface area contributed by atoms with Crippen LogP contribution in [0.25, 0.3) is 0 Å². The summed E-state index contributed by atoms with van der Waals surface area (Å²) in [5.74, 6) is 0.375. The van der Waals surface area contributed by atoms with Crippen molar-refractivity contribution in [3.63, 3.8) is 0 Å². The molecule has 0 aromatic heterocycles.